The summed E-state index contributed by atoms with van der Waals surface area (Å²) in [5.74, 6) is 0.939. The largest absolute Gasteiger partial charge is 0.493 e. The minimum absolute atomic E-state index is 0.0628. The second-order valence-corrected chi connectivity index (χ2v) is 6.59. The number of amides is 1. The zero-order valence-corrected chi connectivity index (χ0v) is 14.5. The van der Waals surface area contributed by atoms with Crippen molar-refractivity contribution in [3.8, 4) is 5.75 Å². The van der Waals surface area contributed by atoms with Gasteiger partial charge in [-0.05, 0) is 50.2 Å². The smallest absolute Gasteiger partial charge is 0.223 e. The van der Waals surface area contributed by atoms with Crippen molar-refractivity contribution >= 4 is 5.91 Å². The predicted molar refractivity (Wildman–Crippen MR) is 94.9 cm³/mol. The molecule has 0 unspecified atom stereocenters. The van der Waals surface area contributed by atoms with E-state index in [9.17, 15) is 9.90 Å². The van der Waals surface area contributed by atoms with Gasteiger partial charge in [0, 0.05) is 18.5 Å². The van der Waals surface area contributed by atoms with E-state index < -0.39 is 6.10 Å². The fourth-order valence-electron chi connectivity index (χ4n) is 3.13. The number of ether oxygens (including phenoxy) is 1. The molecule has 1 aromatic carbocycles. The van der Waals surface area contributed by atoms with Gasteiger partial charge < -0.3 is 20.9 Å². The topological polar surface area (TPSA) is 84.6 Å². The zero-order valence-electron chi connectivity index (χ0n) is 14.5. The van der Waals surface area contributed by atoms with Crippen LogP contribution in [0.4, 0.5) is 0 Å². The van der Waals surface area contributed by atoms with Gasteiger partial charge in [0.15, 0.2) is 0 Å². The third kappa shape index (κ3) is 5.49. The van der Waals surface area contributed by atoms with E-state index in [4.69, 9.17) is 10.5 Å². The van der Waals surface area contributed by atoms with Crippen LogP contribution in [0, 0.1) is 5.92 Å². The van der Waals surface area contributed by atoms with E-state index >= 15 is 0 Å². The van der Waals surface area contributed by atoms with Gasteiger partial charge in [0.1, 0.15) is 5.75 Å². The third-order valence-corrected chi connectivity index (χ3v) is 4.59. The van der Waals surface area contributed by atoms with Gasteiger partial charge in [-0.25, -0.2) is 0 Å². The molecule has 0 saturated heterocycles. The lowest BCUT2D eigenvalue weighted by Gasteiger charge is -2.30. The number of nitrogens with one attached hydrogen (secondary N) is 1. The van der Waals surface area contributed by atoms with E-state index in [2.05, 4.69) is 18.3 Å². The average Bonchev–Trinajstić information content (AvgIpc) is 2.60. The minimum atomic E-state index is -0.464. The number of hydrogen-bond donors (Lipinski definition) is 3. The van der Waals surface area contributed by atoms with Crippen molar-refractivity contribution in [1.82, 2.24) is 5.32 Å². The molecule has 134 valence electrons. The van der Waals surface area contributed by atoms with Gasteiger partial charge >= 0.3 is 0 Å². The molecule has 1 saturated carbocycles. The van der Waals surface area contributed by atoms with Crippen LogP contribution in [0.2, 0.25) is 0 Å². The monoisotopic (exact) mass is 334 g/mol. The van der Waals surface area contributed by atoms with Gasteiger partial charge in [-0.3, -0.25) is 4.79 Å². The first kappa shape index (κ1) is 18.7. The SMILES string of the molecule is CCCOc1ccccc1CCCNC(=O)[C@H]1CC[C@@H](O)[C@H](N)C1. The molecular weight excluding hydrogens is 304 g/mol. The molecule has 1 fully saturated rings. The van der Waals surface area contributed by atoms with Crippen LogP contribution in [0.5, 0.6) is 5.75 Å². The van der Waals surface area contributed by atoms with Crippen LogP contribution in [-0.2, 0) is 11.2 Å². The highest BCUT2D eigenvalue weighted by atomic mass is 16.5. The van der Waals surface area contributed by atoms with Gasteiger partial charge in [-0.15, -0.1) is 0 Å². The molecule has 4 N–H and O–H groups in total. The van der Waals surface area contributed by atoms with Crippen molar-refractivity contribution in [3.05, 3.63) is 29.8 Å². The molecule has 24 heavy (non-hydrogen) atoms. The van der Waals surface area contributed by atoms with Crippen LogP contribution in [-0.4, -0.2) is 36.3 Å². The molecule has 0 radical (unpaired) electrons. The Morgan fingerprint density at radius 3 is 2.92 bits per heavy atom. The van der Waals surface area contributed by atoms with E-state index in [0.717, 1.165) is 31.6 Å². The maximum absolute atomic E-state index is 12.2. The first-order chi connectivity index (χ1) is 11.6. The molecule has 0 aliphatic heterocycles. The molecule has 0 spiro atoms. The Morgan fingerprint density at radius 1 is 1.38 bits per heavy atom. The lowest BCUT2D eigenvalue weighted by atomic mass is 9.83. The molecular formula is C19H30N2O3. The number of aryl methyl sites for hydroxylation is 1. The summed E-state index contributed by atoms with van der Waals surface area (Å²) in [4.78, 5) is 12.2. The molecule has 5 heteroatoms. The summed E-state index contributed by atoms with van der Waals surface area (Å²) >= 11 is 0. The molecule has 1 amide bonds. The number of rotatable bonds is 8. The molecule has 0 aromatic heterocycles. The average molecular weight is 334 g/mol. The highest BCUT2D eigenvalue weighted by Crippen LogP contribution is 2.24. The second-order valence-electron chi connectivity index (χ2n) is 6.59. The van der Waals surface area contributed by atoms with Crippen LogP contribution in [0.15, 0.2) is 24.3 Å². The van der Waals surface area contributed by atoms with Crippen molar-refractivity contribution in [2.75, 3.05) is 13.2 Å². The zero-order chi connectivity index (χ0) is 17.4. The summed E-state index contributed by atoms with van der Waals surface area (Å²) in [6.45, 7) is 3.46. The number of benzene rings is 1. The predicted octanol–water partition coefficient (Wildman–Crippen LogP) is 2.01. The summed E-state index contributed by atoms with van der Waals surface area (Å²) < 4.78 is 5.76. The highest BCUT2D eigenvalue weighted by Gasteiger charge is 2.30. The number of aliphatic hydroxyl groups is 1. The van der Waals surface area contributed by atoms with Crippen LogP contribution in [0.1, 0.15) is 44.6 Å². The molecule has 1 aromatic rings. The minimum Gasteiger partial charge on any atom is -0.493 e. The van der Waals surface area contributed by atoms with Gasteiger partial charge in [0.25, 0.3) is 0 Å². The quantitative estimate of drug-likeness (QED) is 0.635. The number of carbonyl (C=O) groups excluding carboxylic acids is 1. The van der Waals surface area contributed by atoms with Crippen molar-refractivity contribution in [2.24, 2.45) is 11.7 Å². The Morgan fingerprint density at radius 2 is 2.17 bits per heavy atom. The molecule has 5 nitrogen and oxygen atoms in total. The first-order valence-electron chi connectivity index (χ1n) is 9.04. The van der Waals surface area contributed by atoms with Gasteiger partial charge in [0.05, 0.1) is 12.7 Å². The first-order valence-corrected chi connectivity index (χ1v) is 9.04. The second kappa shape index (κ2) is 9.64. The Labute approximate surface area is 144 Å². The Bertz CT molecular complexity index is 521. The van der Waals surface area contributed by atoms with E-state index in [0.29, 0.717) is 25.8 Å². The number of hydrogen-bond acceptors (Lipinski definition) is 4. The van der Waals surface area contributed by atoms with Crippen LogP contribution in [0.3, 0.4) is 0 Å². The summed E-state index contributed by atoms with van der Waals surface area (Å²) in [5, 5.41) is 12.6. The molecule has 3 atom stereocenters. The van der Waals surface area contributed by atoms with Gasteiger partial charge in [-0.2, -0.15) is 0 Å². The van der Waals surface area contributed by atoms with Crippen molar-refractivity contribution in [1.29, 1.82) is 0 Å². The Kier molecular flexibility index (Phi) is 7.53. The maximum atomic E-state index is 12.2. The van der Waals surface area contributed by atoms with Crippen LogP contribution in [0.25, 0.3) is 0 Å². The van der Waals surface area contributed by atoms with E-state index in [-0.39, 0.29) is 17.9 Å². The molecule has 0 heterocycles. The maximum Gasteiger partial charge on any atom is 0.223 e. The highest BCUT2D eigenvalue weighted by molar-refractivity contribution is 5.78. The molecule has 1 aliphatic carbocycles. The summed E-state index contributed by atoms with van der Waals surface area (Å²) in [6, 6.07) is 7.79. The normalized spacial score (nSPS) is 23.7. The number of carbonyl (C=O) groups is 1. The fraction of sp³-hybridized carbons (Fsp3) is 0.632. The van der Waals surface area contributed by atoms with Gasteiger partial charge in [0.2, 0.25) is 5.91 Å². The summed E-state index contributed by atoms with van der Waals surface area (Å²) in [5.41, 5.74) is 7.03. The molecule has 0 bridgehead atoms. The summed E-state index contributed by atoms with van der Waals surface area (Å²) in [7, 11) is 0. The van der Waals surface area contributed by atoms with Gasteiger partial charge in [-0.1, -0.05) is 25.1 Å². The van der Waals surface area contributed by atoms with Crippen molar-refractivity contribution in [3.63, 3.8) is 0 Å². The number of para-hydroxylation sites is 1. The standard InChI is InChI=1S/C19H30N2O3/c1-2-12-24-18-8-4-3-6-14(18)7-5-11-21-19(23)15-9-10-17(22)16(20)13-15/h3-4,6,8,15-17,22H,2,5,7,9-13,20H2,1H3,(H,21,23)/t15-,16+,17+/m0/s1. The number of nitrogens with two attached hydrogens (primary N) is 1. The van der Waals surface area contributed by atoms with Crippen molar-refractivity contribution in [2.45, 2.75) is 57.6 Å². The van der Waals surface area contributed by atoms with Crippen LogP contribution < -0.4 is 15.8 Å². The number of aliphatic hydroxyl groups excluding tert-OH is 1. The Hall–Kier alpha value is -1.59. The lowest BCUT2D eigenvalue weighted by Crippen LogP contribution is -2.45. The van der Waals surface area contributed by atoms with E-state index in [1.807, 2.05) is 18.2 Å². The lowest BCUT2D eigenvalue weighted by molar-refractivity contribution is -0.126. The van der Waals surface area contributed by atoms with E-state index in [1.165, 1.54) is 5.56 Å². The van der Waals surface area contributed by atoms with Crippen LogP contribution >= 0.6 is 0 Å². The van der Waals surface area contributed by atoms with Crippen molar-refractivity contribution < 1.29 is 14.6 Å². The summed E-state index contributed by atoms with van der Waals surface area (Å²) in [6.07, 6.45) is 4.18. The fourth-order valence-corrected chi connectivity index (χ4v) is 3.13. The molecule has 2 rings (SSSR count). The Balaban J connectivity index is 1.72. The molecule has 1 aliphatic rings. The third-order valence-electron chi connectivity index (χ3n) is 4.59. The van der Waals surface area contributed by atoms with E-state index in [1.54, 1.807) is 0 Å².